The van der Waals surface area contributed by atoms with Gasteiger partial charge in [-0.05, 0) is 37.1 Å². The van der Waals surface area contributed by atoms with Crippen molar-refractivity contribution in [2.75, 3.05) is 0 Å². The Morgan fingerprint density at radius 3 is 2.65 bits per heavy atom. The van der Waals surface area contributed by atoms with Crippen LogP contribution in [0.4, 0.5) is 0 Å². The number of fused-ring (bicyclic) bond motifs is 1. The van der Waals surface area contributed by atoms with Gasteiger partial charge in [0.25, 0.3) is 0 Å². The lowest BCUT2D eigenvalue weighted by molar-refractivity contribution is 0.104. The standard InChI is InChI=1S/C17H14BrNO/c1-10-3-6-13-14(9-19-16(13)7-10)17(20)12-5-4-11(2)15(18)8-12/h3-9,19H,1-2H3. The lowest BCUT2D eigenvalue weighted by atomic mass is 10.0. The predicted molar refractivity (Wildman–Crippen MR) is 85.3 cm³/mol. The Labute approximate surface area is 126 Å². The molecular formula is C17H14BrNO. The number of hydrogen-bond donors (Lipinski definition) is 1. The molecule has 3 heteroatoms. The highest BCUT2D eigenvalue weighted by Gasteiger charge is 2.14. The smallest absolute Gasteiger partial charge is 0.195 e. The van der Waals surface area contributed by atoms with Crippen LogP contribution in [0.2, 0.25) is 0 Å². The molecule has 20 heavy (non-hydrogen) atoms. The number of benzene rings is 2. The van der Waals surface area contributed by atoms with E-state index in [-0.39, 0.29) is 5.78 Å². The van der Waals surface area contributed by atoms with E-state index in [1.165, 1.54) is 5.56 Å². The second-order valence-electron chi connectivity index (χ2n) is 5.04. The molecule has 0 bridgehead atoms. The Morgan fingerprint density at radius 1 is 1.10 bits per heavy atom. The molecule has 0 aliphatic heterocycles. The van der Waals surface area contributed by atoms with Gasteiger partial charge in [0.2, 0.25) is 0 Å². The Balaban J connectivity index is 2.10. The summed E-state index contributed by atoms with van der Waals surface area (Å²) in [5.41, 5.74) is 4.71. The molecule has 2 nitrogen and oxygen atoms in total. The molecule has 0 aliphatic carbocycles. The first-order valence-electron chi connectivity index (χ1n) is 6.45. The van der Waals surface area contributed by atoms with E-state index in [0.717, 1.165) is 26.5 Å². The number of hydrogen-bond acceptors (Lipinski definition) is 1. The van der Waals surface area contributed by atoms with Gasteiger partial charge in [0.1, 0.15) is 0 Å². The summed E-state index contributed by atoms with van der Waals surface area (Å²) in [5, 5.41) is 0.970. The van der Waals surface area contributed by atoms with Gasteiger partial charge in [-0.25, -0.2) is 0 Å². The summed E-state index contributed by atoms with van der Waals surface area (Å²) < 4.78 is 0.957. The molecule has 1 aromatic heterocycles. The highest BCUT2D eigenvalue weighted by atomic mass is 79.9. The maximum atomic E-state index is 12.6. The summed E-state index contributed by atoms with van der Waals surface area (Å²) in [7, 11) is 0. The first-order valence-corrected chi connectivity index (χ1v) is 7.24. The van der Waals surface area contributed by atoms with Crippen LogP contribution in [-0.2, 0) is 0 Å². The van der Waals surface area contributed by atoms with Crippen molar-refractivity contribution in [1.82, 2.24) is 4.98 Å². The minimum atomic E-state index is 0.0424. The summed E-state index contributed by atoms with van der Waals surface area (Å²) in [5.74, 6) is 0.0424. The highest BCUT2D eigenvalue weighted by Crippen LogP contribution is 2.24. The lowest BCUT2D eigenvalue weighted by Gasteiger charge is -2.03. The van der Waals surface area contributed by atoms with Gasteiger partial charge in [-0.2, -0.15) is 0 Å². The number of halogens is 1. The van der Waals surface area contributed by atoms with Gasteiger partial charge in [0.05, 0.1) is 0 Å². The number of carbonyl (C=O) groups excluding carboxylic acids is 1. The van der Waals surface area contributed by atoms with Crippen LogP contribution in [0.1, 0.15) is 27.0 Å². The van der Waals surface area contributed by atoms with Gasteiger partial charge in [-0.15, -0.1) is 0 Å². The van der Waals surface area contributed by atoms with Crippen LogP contribution in [0.25, 0.3) is 10.9 Å². The predicted octanol–water partition coefficient (Wildman–Crippen LogP) is 4.78. The Hall–Kier alpha value is -1.87. The Morgan fingerprint density at radius 2 is 1.90 bits per heavy atom. The highest BCUT2D eigenvalue weighted by molar-refractivity contribution is 9.10. The Kier molecular flexibility index (Phi) is 3.22. The van der Waals surface area contributed by atoms with Crippen LogP contribution < -0.4 is 0 Å². The van der Waals surface area contributed by atoms with Crippen LogP contribution in [0, 0.1) is 13.8 Å². The van der Waals surface area contributed by atoms with Crippen molar-refractivity contribution in [2.24, 2.45) is 0 Å². The topological polar surface area (TPSA) is 32.9 Å². The van der Waals surface area contributed by atoms with Crippen LogP contribution in [0.5, 0.6) is 0 Å². The van der Waals surface area contributed by atoms with Crippen molar-refractivity contribution in [2.45, 2.75) is 13.8 Å². The number of carbonyl (C=O) groups is 1. The normalized spacial score (nSPS) is 10.9. The number of nitrogens with one attached hydrogen (secondary N) is 1. The maximum Gasteiger partial charge on any atom is 0.195 e. The molecule has 3 rings (SSSR count). The van der Waals surface area contributed by atoms with Crippen LogP contribution in [0.3, 0.4) is 0 Å². The van der Waals surface area contributed by atoms with E-state index in [2.05, 4.69) is 27.0 Å². The fraction of sp³-hybridized carbons (Fsp3) is 0.118. The zero-order valence-corrected chi connectivity index (χ0v) is 12.9. The van der Waals surface area contributed by atoms with Crippen molar-refractivity contribution in [3.63, 3.8) is 0 Å². The van der Waals surface area contributed by atoms with Gasteiger partial charge >= 0.3 is 0 Å². The molecule has 0 radical (unpaired) electrons. The second-order valence-corrected chi connectivity index (χ2v) is 5.90. The minimum Gasteiger partial charge on any atom is -0.360 e. The quantitative estimate of drug-likeness (QED) is 0.675. The number of rotatable bonds is 2. The first-order chi connectivity index (χ1) is 9.56. The summed E-state index contributed by atoms with van der Waals surface area (Å²) in [6.45, 7) is 4.05. The lowest BCUT2D eigenvalue weighted by Crippen LogP contribution is -2.00. The van der Waals surface area contributed by atoms with E-state index in [9.17, 15) is 4.79 Å². The first kappa shape index (κ1) is 13.1. The third kappa shape index (κ3) is 2.18. The van der Waals surface area contributed by atoms with E-state index in [0.29, 0.717) is 5.56 Å². The molecule has 0 aliphatic rings. The maximum absolute atomic E-state index is 12.6. The van der Waals surface area contributed by atoms with Gasteiger partial charge in [0, 0.05) is 32.7 Å². The van der Waals surface area contributed by atoms with Crippen molar-refractivity contribution >= 4 is 32.6 Å². The molecule has 1 N–H and O–H groups in total. The van der Waals surface area contributed by atoms with Gasteiger partial charge in [-0.1, -0.05) is 40.2 Å². The molecule has 0 saturated carbocycles. The van der Waals surface area contributed by atoms with Gasteiger partial charge in [-0.3, -0.25) is 4.79 Å². The van der Waals surface area contributed by atoms with Crippen molar-refractivity contribution < 1.29 is 4.79 Å². The molecule has 0 saturated heterocycles. The van der Waals surface area contributed by atoms with Crippen molar-refractivity contribution in [3.8, 4) is 0 Å². The molecule has 0 spiro atoms. The zero-order valence-electron chi connectivity index (χ0n) is 11.3. The number of aromatic amines is 1. The molecular weight excluding hydrogens is 314 g/mol. The van der Waals surface area contributed by atoms with Gasteiger partial charge < -0.3 is 4.98 Å². The van der Waals surface area contributed by atoms with Crippen molar-refractivity contribution in [3.05, 3.63) is 69.3 Å². The summed E-state index contributed by atoms with van der Waals surface area (Å²) >= 11 is 3.48. The summed E-state index contributed by atoms with van der Waals surface area (Å²) in [4.78, 5) is 15.8. The Bertz CT molecular complexity index is 817. The zero-order chi connectivity index (χ0) is 14.3. The minimum absolute atomic E-state index is 0.0424. The average Bonchev–Trinajstić information content (AvgIpc) is 2.84. The summed E-state index contributed by atoms with van der Waals surface area (Å²) in [6, 6.07) is 11.8. The largest absolute Gasteiger partial charge is 0.360 e. The summed E-state index contributed by atoms with van der Waals surface area (Å²) in [6.07, 6.45) is 1.79. The fourth-order valence-corrected chi connectivity index (χ4v) is 2.70. The van der Waals surface area contributed by atoms with Crippen LogP contribution in [-0.4, -0.2) is 10.8 Å². The monoisotopic (exact) mass is 327 g/mol. The third-order valence-corrected chi connectivity index (χ3v) is 4.37. The molecule has 1 heterocycles. The number of ketones is 1. The van der Waals surface area contributed by atoms with Crippen molar-refractivity contribution in [1.29, 1.82) is 0 Å². The van der Waals surface area contributed by atoms with Crippen LogP contribution >= 0.6 is 15.9 Å². The van der Waals surface area contributed by atoms with Gasteiger partial charge in [0.15, 0.2) is 5.78 Å². The average molecular weight is 328 g/mol. The van der Waals surface area contributed by atoms with E-state index < -0.39 is 0 Å². The third-order valence-electron chi connectivity index (χ3n) is 3.52. The van der Waals surface area contributed by atoms with E-state index in [1.807, 2.05) is 44.2 Å². The fourth-order valence-electron chi connectivity index (χ4n) is 2.32. The number of aryl methyl sites for hydroxylation is 2. The molecule has 3 aromatic rings. The molecule has 100 valence electrons. The van der Waals surface area contributed by atoms with E-state index in [1.54, 1.807) is 6.20 Å². The SMILES string of the molecule is Cc1ccc2c(C(=O)c3ccc(C)c(Br)c3)c[nH]c2c1. The molecule has 0 fully saturated rings. The van der Waals surface area contributed by atoms with E-state index >= 15 is 0 Å². The number of H-pyrrole nitrogens is 1. The molecule has 0 amide bonds. The van der Waals surface area contributed by atoms with E-state index in [4.69, 9.17) is 0 Å². The van der Waals surface area contributed by atoms with Crippen LogP contribution in [0.15, 0.2) is 47.1 Å². The molecule has 2 aromatic carbocycles. The second kappa shape index (κ2) is 4.91. The molecule has 0 unspecified atom stereocenters. The molecule has 0 atom stereocenters. The number of aromatic nitrogens is 1.